The predicted molar refractivity (Wildman–Crippen MR) is 42.6 cm³/mol. The smallest absolute Gasteiger partial charge is 0.0409 e. The fourth-order valence-electron chi connectivity index (χ4n) is 0.515. The van der Waals surface area contributed by atoms with Gasteiger partial charge in [0.1, 0.15) is 0 Å². The van der Waals surface area contributed by atoms with E-state index in [2.05, 4.69) is 15.9 Å². The van der Waals surface area contributed by atoms with E-state index in [-0.39, 0.29) is 0 Å². The van der Waals surface area contributed by atoms with Gasteiger partial charge in [0.05, 0.1) is 0 Å². The molecule has 0 bridgehead atoms. The molecule has 2 heteroatoms. The SMILES string of the molecule is [CH]c1cc(Cl)ccc1Br. The van der Waals surface area contributed by atoms with Crippen LogP contribution in [0.2, 0.25) is 5.02 Å². The van der Waals surface area contributed by atoms with E-state index in [0.717, 1.165) is 4.47 Å². The second kappa shape index (κ2) is 2.72. The molecule has 46 valence electrons. The highest BCUT2D eigenvalue weighted by atomic mass is 79.9. The molecule has 2 radical (unpaired) electrons. The average Bonchev–Trinajstić information content (AvgIpc) is 1.80. The van der Waals surface area contributed by atoms with Crippen LogP contribution in [0.25, 0.3) is 0 Å². The van der Waals surface area contributed by atoms with Crippen LogP contribution in [0.4, 0.5) is 0 Å². The highest BCUT2D eigenvalue weighted by molar-refractivity contribution is 9.10. The molecule has 0 saturated heterocycles. The lowest BCUT2D eigenvalue weighted by atomic mass is 10.2. The van der Waals surface area contributed by atoms with E-state index in [4.69, 9.17) is 18.5 Å². The third-order valence-electron chi connectivity index (χ3n) is 0.958. The number of hydrogen-bond acceptors (Lipinski definition) is 0. The summed E-state index contributed by atoms with van der Waals surface area (Å²) in [7, 11) is 0. The average molecular weight is 203 g/mol. The first kappa shape index (κ1) is 7.10. The van der Waals surface area contributed by atoms with Crippen molar-refractivity contribution in [3.05, 3.63) is 40.2 Å². The molecule has 0 saturated carbocycles. The van der Waals surface area contributed by atoms with Crippen molar-refractivity contribution in [3.8, 4) is 0 Å². The van der Waals surface area contributed by atoms with Gasteiger partial charge in [-0.1, -0.05) is 27.5 Å². The van der Waals surface area contributed by atoms with Crippen molar-refractivity contribution in [1.29, 1.82) is 0 Å². The van der Waals surface area contributed by atoms with Crippen molar-refractivity contribution in [3.63, 3.8) is 0 Å². The molecular weight excluding hydrogens is 199 g/mol. The van der Waals surface area contributed by atoms with Gasteiger partial charge in [-0.3, -0.25) is 0 Å². The van der Waals surface area contributed by atoms with E-state index < -0.39 is 0 Å². The van der Waals surface area contributed by atoms with Crippen LogP contribution >= 0.6 is 27.5 Å². The van der Waals surface area contributed by atoms with E-state index in [1.165, 1.54) is 0 Å². The third kappa shape index (κ3) is 1.70. The van der Waals surface area contributed by atoms with Crippen LogP contribution in [0.3, 0.4) is 0 Å². The normalized spacial score (nSPS) is 9.67. The molecule has 9 heavy (non-hydrogen) atoms. The maximum atomic E-state index is 5.62. The Morgan fingerprint density at radius 2 is 2.11 bits per heavy atom. The van der Waals surface area contributed by atoms with Gasteiger partial charge in [0.15, 0.2) is 0 Å². The summed E-state index contributed by atoms with van der Waals surface area (Å²) in [5, 5.41) is 0.663. The summed E-state index contributed by atoms with van der Waals surface area (Å²) < 4.78 is 0.881. The fourth-order valence-corrected chi connectivity index (χ4v) is 0.942. The Morgan fingerprint density at radius 3 is 2.56 bits per heavy atom. The summed E-state index contributed by atoms with van der Waals surface area (Å²) >= 11 is 8.86. The molecule has 0 amide bonds. The summed E-state index contributed by atoms with van der Waals surface area (Å²) in [4.78, 5) is 0. The Labute approximate surface area is 68.0 Å². The van der Waals surface area contributed by atoms with Crippen LogP contribution in [0.5, 0.6) is 0 Å². The van der Waals surface area contributed by atoms with Crippen LogP contribution in [0, 0.1) is 6.92 Å². The van der Waals surface area contributed by atoms with Crippen molar-refractivity contribution < 1.29 is 0 Å². The lowest BCUT2D eigenvalue weighted by Gasteiger charge is -1.94. The minimum Gasteiger partial charge on any atom is -0.0843 e. The lowest BCUT2D eigenvalue weighted by Crippen LogP contribution is -1.72. The Bertz CT molecular complexity index is 220. The van der Waals surface area contributed by atoms with Crippen LogP contribution in [-0.4, -0.2) is 0 Å². The van der Waals surface area contributed by atoms with Crippen molar-refractivity contribution in [2.75, 3.05) is 0 Å². The Hall–Kier alpha value is -0.0100. The predicted octanol–water partition coefficient (Wildman–Crippen LogP) is 3.16. The lowest BCUT2D eigenvalue weighted by molar-refractivity contribution is 1.56. The topological polar surface area (TPSA) is 0 Å². The molecule has 0 aliphatic heterocycles. The zero-order valence-corrected chi connectivity index (χ0v) is 6.91. The molecule has 1 aromatic carbocycles. The maximum Gasteiger partial charge on any atom is 0.0409 e. The van der Waals surface area contributed by atoms with Crippen molar-refractivity contribution >= 4 is 27.5 Å². The largest absolute Gasteiger partial charge is 0.0843 e. The first-order chi connectivity index (χ1) is 4.20. The summed E-state index contributed by atoms with van der Waals surface area (Å²) in [6.07, 6.45) is 0. The molecule has 1 rings (SSSR count). The number of hydrogen-bond donors (Lipinski definition) is 0. The van der Waals surface area contributed by atoms with Gasteiger partial charge in [0.2, 0.25) is 0 Å². The van der Waals surface area contributed by atoms with Crippen molar-refractivity contribution in [2.45, 2.75) is 0 Å². The third-order valence-corrected chi connectivity index (χ3v) is 1.92. The molecule has 0 unspecified atom stereocenters. The molecule has 0 fully saturated rings. The van der Waals surface area contributed by atoms with E-state index in [0.29, 0.717) is 10.6 Å². The Kier molecular flexibility index (Phi) is 2.14. The Balaban J connectivity index is 3.17. The van der Waals surface area contributed by atoms with E-state index in [1.54, 1.807) is 12.1 Å². The zero-order valence-electron chi connectivity index (χ0n) is 4.57. The van der Waals surface area contributed by atoms with Crippen LogP contribution in [0.15, 0.2) is 22.7 Å². The second-order valence-corrected chi connectivity index (χ2v) is 2.96. The van der Waals surface area contributed by atoms with Crippen LogP contribution in [0.1, 0.15) is 5.56 Å². The van der Waals surface area contributed by atoms with Gasteiger partial charge in [-0.15, -0.1) is 0 Å². The number of halogens is 2. The first-order valence-electron chi connectivity index (χ1n) is 2.40. The molecule has 0 atom stereocenters. The summed E-state index contributed by atoms with van der Waals surface area (Å²) in [5.74, 6) is 0. The number of benzene rings is 1. The van der Waals surface area contributed by atoms with Gasteiger partial charge in [0.25, 0.3) is 0 Å². The molecule has 0 aliphatic rings. The molecule has 0 spiro atoms. The van der Waals surface area contributed by atoms with Crippen molar-refractivity contribution in [2.24, 2.45) is 0 Å². The van der Waals surface area contributed by atoms with Crippen molar-refractivity contribution in [1.82, 2.24) is 0 Å². The molecule has 0 aliphatic carbocycles. The molecule has 0 aromatic heterocycles. The highest BCUT2D eigenvalue weighted by Gasteiger charge is 1.92. The standard InChI is InChI=1S/C7H4BrCl/c1-5-4-6(9)2-3-7(5)8/h1-4H. The van der Waals surface area contributed by atoms with Gasteiger partial charge in [-0.25, -0.2) is 0 Å². The maximum absolute atomic E-state index is 5.62. The minimum atomic E-state index is 0.663. The molecule has 1 aromatic rings. The van der Waals surface area contributed by atoms with Crippen LogP contribution in [-0.2, 0) is 0 Å². The highest BCUT2D eigenvalue weighted by Crippen LogP contribution is 2.19. The van der Waals surface area contributed by atoms with E-state index in [9.17, 15) is 0 Å². The minimum absolute atomic E-state index is 0.663. The Morgan fingerprint density at radius 1 is 1.44 bits per heavy atom. The van der Waals surface area contributed by atoms with Gasteiger partial charge in [-0.2, -0.15) is 0 Å². The van der Waals surface area contributed by atoms with Gasteiger partial charge >= 0.3 is 0 Å². The molecular formula is C7H4BrCl. The fraction of sp³-hybridized carbons (Fsp3) is 0. The molecule has 0 heterocycles. The van der Waals surface area contributed by atoms with Crippen LogP contribution < -0.4 is 0 Å². The second-order valence-electron chi connectivity index (χ2n) is 1.67. The van der Waals surface area contributed by atoms with Gasteiger partial charge < -0.3 is 0 Å². The molecule has 0 nitrogen and oxygen atoms in total. The van der Waals surface area contributed by atoms with E-state index in [1.807, 2.05) is 6.07 Å². The van der Waals surface area contributed by atoms with Gasteiger partial charge in [0, 0.05) is 16.4 Å². The summed E-state index contributed by atoms with van der Waals surface area (Å²) in [6, 6.07) is 5.30. The quantitative estimate of drug-likeness (QED) is 0.608. The summed E-state index contributed by atoms with van der Waals surface area (Å²) in [5.41, 5.74) is 0.669. The molecule has 0 N–H and O–H groups in total. The summed E-state index contributed by atoms with van der Waals surface area (Å²) in [6.45, 7) is 5.49. The first-order valence-corrected chi connectivity index (χ1v) is 3.58. The zero-order chi connectivity index (χ0) is 6.85. The number of rotatable bonds is 0. The van der Waals surface area contributed by atoms with E-state index >= 15 is 0 Å². The van der Waals surface area contributed by atoms with Gasteiger partial charge in [-0.05, 0) is 23.8 Å². The monoisotopic (exact) mass is 202 g/mol.